The number of para-hydroxylation sites is 1. The van der Waals surface area contributed by atoms with Crippen LogP contribution in [0.4, 0.5) is 16.2 Å². The largest absolute Gasteiger partial charge is 0.478 e. The first kappa shape index (κ1) is 29.8. The Balaban J connectivity index is 1.20. The fraction of sp³-hybridized carbons (Fsp3) is 0.257. The SMILES string of the molecule is O=C(O)c1ccccc1NC(=O)[C@@H]1CCCN1C(=O)[C@@H]1C[C@@H](OCc2ccccc2)CN1C(=O)Nc1ccc2ccccc2c1. The van der Waals surface area contributed by atoms with Crippen molar-refractivity contribution in [2.75, 3.05) is 23.7 Å². The Labute approximate surface area is 260 Å². The van der Waals surface area contributed by atoms with E-state index >= 15 is 0 Å². The maximum absolute atomic E-state index is 14.1. The summed E-state index contributed by atoms with van der Waals surface area (Å²) < 4.78 is 6.18. The molecular weight excluding hydrogens is 572 g/mol. The van der Waals surface area contributed by atoms with Gasteiger partial charge in [-0.1, -0.05) is 72.8 Å². The van der Waals surface area contributed by atoms with Gasteiger partial charge in [0.2, 0.25) is 11.8 Å². The van der Waals surface area contributed by atoms with Crippen LogP contribution in [0.1, 0.15) is 35.2 Å². The maximum Gasteiger partial charge on any atom is 0.337 e. The molecule has 45 heavy (non-hydrogen) atoms. The van der Waals surface area contributed by atoms with Gasteiger partial charge in [-0.3, -0.25) is 9.59 Å². The summed E-state index contributed by atoms with van der Waals surface area (Å²) >= 11 is 0. The third kappa shape index (κ3) is 6.66. The van der Waals surface area contributed by atoms with E-state index in [2.05, 4.69) is 10.6 Å². The number of benzene rings is 4. The highest BCUT2D eigenvalue weighted by molar-refractivity contribution is 6.04. The Hall–Kier alpha value is -5.22. The zero-order valence-electron chi connectivity index (χ0n) is 24.6. The van der Waals surface area contributed by atoms with Crippen LogP contribution in [0.2, 0.25) is 0 Å². The molecule has 6 rings (SSSR count). The third-order valence-corrected chi connectivity index (χ3v) is 8.39. The van der Waals surface area contributed by atoms with Gasteiger partial charge in [0.15, 0.2) is 0 Å². The number of nitrogens with one attached hydrogen (secondary N) is 2. The first-order valence-electron chi connectivity index (χ1n) is 15.0. The van der Waals surface area contributed by atoms with Crippen LogP contribution < -0.4 is 10.6 Å². The second kappa shape index (κ2) is 13.2. The smallest absolute Gasteiger partial charge is 0.337 e. The third-order valence-electron chi connectivity index (χ3n) is 8.39. The van der Waals surface area contributed by atoms with Crippen LogP contribution in [-0.4, -0.2) is 70.0 Å². The van der Waals surface area contributed by atoms with Crippen molar-refractivity contribution in [3.63, 3.8) is 0 Å². The maximum atomic E-state index is 14.1. The van der Waals surface area contributed by atoms with Crippen molar-refractivity contribution in [1.29, 1.82) is 0 Å². The molecule has 2 aliphatic rings. The molecule has 4 aromatic carbocycles. The minimum absolute atomic E-state index is 0.0348. The van der Waals surface area contributed by atoms with Gasteiger partial charge < -0.3 is 30.3 Å². The molecule has 0 aliphatic carbocycles. The molecule has 2 fully saturated rings. The highest BCUT2D eigenvalue weighted by Crippen LogP contribution is 2.29. The Morgan fingerprint density at radius 3 is 2.33 bits per heavy atom. The highest BCUT2D eigenvalue weighted by Gasteiger charge is 2.45. The van der Waals surface area contributed by atoms with Gasteiger partial charge in [0.25, 0.3) is 0 Å². The topological polar surface area (TPSA) is 128 Å². The first-order valence-corrected chi connectivity index (χ1v) is 15.0. The molecule has 230 valence electrons. The van der Waals surface area contributed by atoms with Gasteiger partial charge in [-0.15, -0.1) is 0 Å². The minimum Gasteiger partial charge on any atom is -0.478 e. The van der Waals surface area contributed by atoms with Gasteiger partial charge in [-0.05, 0) is 53.4 Å². The number of carbonyl (C=O) groups excluding carboxylic acids is 3. The van der Waals surface area contributed by atoms with Crippen molar-refractivity contribution in [1.82, 2.24) is 9.80 Å². The van der Waals surface area contributed by atoms with Crippen LogP contribution in [0.25, 0.3) is 10.8 Å². The summed E-state index contributed by atoms with van der Waals surface area (Å²) in [6.07, 6.45) is 0.924. The van der Waals surface area contributed by atoms with Crippen molar-refractivity contribution in [2.24, 2.45) is 0 Å². The van der Waals surface area contributed by atoms with Crippen molar-refractivity contribution in [2.45, 2.75) is 44.1 Å². The molecule has 4 aromatic rings. The first-order chi connectivity index (χ1) is 21.9. The lowest BCUT2D eigenvalue weighted by Gasteiger charge is -2.31. The van der Waals surface area contributed by atoms with Gasteiger partial charge in [-0.25, -0.2) is 9.59 Å². The second-order valence-corrected chi connectivity index (χ2v) is 11.3. The number of anilines is 2. The number of ether oxygens (including phenoxy) is 1. The average Bonchev–Trinajstić information content (AvgIpc) is 3.72. The molecule has 10 nitrogen and oxygen atoms in total. The van der Waals surface area contributed by atoms with Gasteiger partial charge in [0.05, 0.1) is 24.0 Å². The number of urea groups is 1. The Bertz CT molecular complexity index is 1730. The van der Waals surface area contributed by atoms with E-state index in [9.17, 15) is 24.3 Å². The number of likely N-dealkylation sites (tertiary alicyclic amines) is 2. The molecule has 0 bridgehead atoms. The number of carboxylic acid groups (broad SMARTS) is 1. The lowest BCUT2D eigenvalue weighted by atomic mass is 10.1. The summed E-state index contributed by atoms with van der Waals surface area (Å²) in [4.78, 5) is 55.9. The van der Waals surface area contributed by atoms with Gasteiger partial charge in [-0.2, -0.15) is 0 Å². The molecule has 0 aromatic heterocycles. The van der Waals surface area contributed by atoms with E-state index in [1.54, 1.807) is 12.1 Å². The standard InChI is InChI=1S/C35H34N4O6/c40-32(37-29-14-7-6-13-28(29)34(42)43)30-15-8-18-38(30)33(41)31-20-27(45-22-23-9-2-1-3-10-23)21-39(31)35(44)36-26-17-16-24-11-4-5-12-25(24)19-26/h1-7,9-14,16-17,19,27,30-31H,8,15,18,20-22H2,(H,36,44)(H,37,40)(H,42,43)/t27-,30+,31+/m1/s1. The Kier molecular flexibility index (Phi) is 8.74. The predicted molar refractivity (Wildman–Crippen MR) is 170 cm³/mol. The number of rotatable bonds is 8. The van der Waals surface area contributed by atoms with E-state index in [0.29, 0.717) is 31.7 Å². The van der Waals surface area contributed by atoms with Gasteiger partial charge in [0.1, 0.15) is 12.1 Å². The quantitative estimate of drug-likeness (QED) is 0.248. The molecular formula is C35H34N4O6. The van der Waals surface area contributed by atoms with E-state index in [0.717, 1.165) is 16.3 Å². The van der Waals surface area contributed by atoms with Crippen LogP contribution in [0, 0.1) is 0 Å². The second-order valence-electron chi connectivity index (χ2n) is 11.3. The molecule has 4 amide bonds. The Morgan fingerprint density at radius 2 is 1.53 bits per heavy atom. The lowest BCUT2D eigenvalue weighted by Crippen LogP contribution is -2.52. The minimum atomic E-state index is -1.16. The molecule has 0 saturated carbocycles. The number of hydrogen-bond acceptors (Lipinski definition) is 5. The van der Waals surface area contributed by atoms with Crippen LogP contribution in [-0.2, 0) is 20.9 Å². The molecule has 2 aliphatic heterocycles. The van der Waals surface area contributed by atoms with Crippen molar-refractivity contribution >= 4 is 46.0 Å². The number of carboxylic acids is 1. The van der Waals surface area contributed by atoms with E-state index in [4.69, 9.17) is 4.74 Å². The number of hydrogen-bond donors (Lipinski definition) is 3. The van der Waals surface area contributed by atoms with Gasteiger partial charge >= 0.3 is 12.0 Å². The molecule has 0 unspecified atom stereocenters. The zero-order valence-corrected chi connectivity index (χ0v) is 24.6. The summed E-state index contributed by atoms with van der Waals surface area (Å²) in [5, 5.41) is 17.2. The van der Waals surface area contributed by atoms with Crippen LogP contribution in [0.15, 0.2) is 97.1 Å². The number of carbonyl (C=O) groups is 4. The number of fused-ring (bicyclic) bond motifs is 1. The lowest BCUT2D eigenvalue weighted by molar-refractivity contribution is -0.139. The molecule has 3 N–H and O–H groups in total. The zero-order chi connectivity index (χ0) is 31.3. The van der Waals surface area contributed by atoms with Gasteiger partial charge in [0, 0.05) is 25.2 Å². The number of amides is 4. The molecule has 0 spiro atoms. The Morgan fingerprint density at radius 1 is 0.800 bits per heavy atom. The summed E-state index contributed by atoms with van der Waals surface area (Å²) in [6, 6.07) is 27.3. The predicted octanol–water partition coefficient (Wildman–Crippen LogP) is 5.36. The molecule has 3 atom stereocenters. The molecule has 0 radical (unpaired) electrons. The molecule has 10 heteroatoms. The normalized spacial score (nSPS) is 19.4. The van der Waals surface area contributed by atoms with Crippen molar-refractivity contribution < 1.29 is 29.0 Å². The number of nitrogens with zero attached hydrogens (tertiary/aromatic N) is 2. The number of aromatic carboxylic acids is 1. The van der Waals surface area contributed by atoms with Crippen molar-refractivity contribution in [3.8, 4) is 0 Å². The highest BCUT2D eigenvalue weighted by atomic mass is 16.5. The summed E-state index contributed by atoms with van der Waals surface area (Å²) in [7, 11) is 0. The van der Waals surface area contributed by atoms with E-state index in [1.807, 2.05) is 72.8 Å². The van der Waals surface area contributed by atoms with Crippen LogP contribution in [0.3, 0.4) is 0 Å². The van der Waals surface area contributed by atoms with E-state index in [1.165, 1.54) is 21.9 Å². The summed E-state index contributed by atoms with van der Waals surface area (Å²) in [5.74, 6) is -1.96. The van der Waals surface area contributed by atoms with E-state index in [-0.39, 0.29) is 36.2 Å². The fourth-order valence-electron chi connectivity index (χ4n) is 6.12. The van der Waals surface area contributed by atoms with Crippen molar-refractivity contribution in [3.05, 3.63) is 108 Å². The van der Waals surface area contributed by atoms with Crippen LogP contribution >= 0.6 is 0 Å². The van der Waals surface area contributed by atoms with Crippen LogP contribution in [0.5, 0.6) is 0 Å². The fourth-order valence-corrected chi connectivity index (χ4v) is 6.12. The summed E-state index contributed by atoms with van der Waals surface area (Å²) in [5.41, 5.74) is 1.72. The monoisotopic (exact) mass is 606 g/mol. The molecule has 2 heterocycles. The van der Waals surface area contributed by atoms with E-state index < -0.39 is 30.0 Å². The summed E-state index contributed by atoms with van der Waals surface area (Å²) in [6.45, 7) is 0.896. The molecule has 2 saturated heterocycles. The average molecular weight is 607 g/mol.